The lowest BCUT2D eigenvalue weighted by atomic mass is 10.0. The van der Waals surface area contributed by atoms with Crippen LogP contribution in [0, 0.1) is 0 Å². The van der Waals surface area contributed by atoms with Crippen LogP contribution in [0.25, 0.3) is 0 Å². The minimum absolute atomic E-state index is 0.00419. The number of quaternary nitrogens is 1. The van der Waals surface area contributed by atoms with Gasteiger partial charge in [0.05, 0.1) is 39.9 Å². The predicted octanol–water partition coefficient (Wildman–Crippen LogP) is 13.5. The van der Waals surface area contributed by atoms with Crippen molar-refractivity contribution in [1.82, 2.24) is 5.32 Å². The fraction of sp³-hybridized carbons (Fsp3) is 0.898. The molecule has 3 unspecified atom stereocenters. The highest BCUT2D eigenvalue weighted by Crippen LogP contribution is 2.38. The molecule has 58 heavy (non-hydrogen) atoms. The summed E-state index contributed by atoms with van der Waals surface area (Å²) >= 11 is 0. The van der Waals surface area contributed by atoms with Gasteiger partial charge >= 0.3 is 0 Å². The average molecular weight is 841 g/mol. The maximum atomic E-state index is 12.9. The Morgan fingerprint density at radius 1 is 0.586 bits per heavy atom. The van der Waals surface area contributed by atoms with Crippen molar-refractivity contribution >= 4 is 13.7 Å². The molecule has 0 aliphatic carbocycles. The van der Waals surface area contributed by atoms with Crippen molar-refractivity contribution in [3.05, 3.63) is 24.3 Å². The van der Waals surface area contributed by atoms with Crippen molar-refractivity contribution in [2.45, 2.75) is 244 Å². The van der Waals surface area contributed by atoms with Gasteiger partial charge in [0.1, 0.15) is 13.2 Å². The zero-order chi connectivity index (χ0) is 42.8. The molecule has 0 aromatic carbocycles. The minimum Gasteiger partial charge on any atom is -0.756 e. The summed E-state index contributed by atoms with van der Waals surface area (Å²) in [5.74, 6) is -0.204. The van der Waals surface area contributed by atoms with Crippen LogP contribution in [-0.2, 0) is 18.4 Å². The standard InChI is InChI=1S/C49H97N2O6P/c1-6-8-10-12-14-16-18-20-21-22-23-24-25-26-27-28-29-31-33-35-37-39-41-43-49(53)50-47(46-57-58(54,55)56-45-44-51(3,4)5)48(52)42-40-38-36-34-32-30-19-17-15-13-11-9-7-2/h32,34,40,42,47-48,52H,6-31,33,35-39,41,43-46H2,1-5H3,(H-,50,53,54,55)/b34-32+,42-40+. The van der Waals surface area contributed by atoms with Gasteiger partial charge in [0, 0.05) is 6.42 Å². The Bertz CT molecular complexity index is 1000. The summed E-state index contributed by atoms with van der Waals surface area (Å²) < 4.78 is 23.2. The average Bonchev–Trinajstić information content (AvgIpc) is 3.17. The highest BCUT2D eigenvalue weighted by molar-refractivity contribution is 7.45. The number of hydrogen-bond acceptors (Lipinski definition) is 6. The largest absolute Gasteiger partial charge is 0.756 e. The second kappa shape index (κ2) is 41.3. The number of unbranched alkanes of at least 4 members (excludes halogenated alkanes) is 30. The number of phosphoric ester groups is 1. The van der Waals surface area contributed by atoms with Crippen LogP contribution in [0.1, 0.15) is 232 Å². The summed E-state index contributed by atoms with van der Waals surface area (Å²) in [4.78, 5) is 25.3. The van der Waals surface area contributed by atoms with Gasteiger partial charge in [-0.25, -0.2) is 0 Å². The molecule has 0 aromatic rings. The Morgan fingerprint density at radius 2 is 0.966 bits per heavy atom. The molecular formula is C49H97N2O6P. The normalized spacial score (nSPS) is 14.4. The first-order valence-corrected chi connectivity index (χ1v) is 26.2. The molecule has 0 spiro atoms. The van der Waals surface area contributed by atoms with E-state index in [-0.39, 0.29) is 19.1 Å². The molecule has 0 bridgehead atoms. The van der Waals surface area contributed by atoms with Crippen LogP contribution in [0.4, 0.5) is 0 Å². The number of amides is 1. The van der Waals surface area contributed by atoms with Gasteiger partial charge in [0.2, 0.25) is 5.91 Å². The second-order valence-electron chi connectivity index (χ2n) is 18.2. The van der Waals surface area contributed by atoms with E-state index in [4.69, 9.17) is 9.05 Å². The lowest BCUT2D eigenvalue weighted by Gasteiger charge is -2.29. The molecule has 0 saturated carbocycles. The fourth-order valence-electron chi connectivity index (χ4n) is 7.23. The van der Waals surface area contributed by atoms with Crippen LogP contribution in [0.3, 0.4) is 0 Å². The van der Waals surface area contributed by atoms with E-state index in [1.54, 1.807) is 6.08 Å². The van der Waals surface area contributed by atoms with E-state index in [1.165, 1.54) is 173 Å². The molecule has 0 aromatic heterocycles. The lowest BCUT2D eigenvalue weighted by molar-refractivity contribution is -0.870. The summed E-state index contributed by atoms with van der Waals surface area (Å²) in [5.41, 5.74) is 0. The Kier molecular flexibility index (Phi) is 40.6. The SMILES string of the molecule is CCCCCCCCC/C=C/CC/C=C/C(O)C(COP(=O)([O-])OCC[N+](C)(C)C)NC(=O)CCCCCCCCCCCCCCCCCCCCCCCCC. The number of carbonyl (C=O) groups excluding carboxylic acids is 1. The monoisotopic (exact) mass is 841 g/mol. The Morgan fingerprint density at radius 3 is 1.40 bits per heavy atom. The van der Waals surface area contributed by atoms with E-state index >= 15 is 0 Å². The Hall–Kier alpha value is -1.02. The summed E-state index contributed by atoms with van der Waals surface area (Å²) in [6, 6.07) is -0.898. The van der Waals surface area contributed by atoms with E-state index in [2.05, 4.69) is 31.3 Å². The molecule has 8 nitrogen and oxygen atoms in total. The first-order valence-electron chi connectivity index (χ1n) is 24.7. The van der Waals surface area contributed by atoms with Gasteiger partial charge in [-0.3, -0.25) is 9.36 Å². The quantitative estimate of drug-likeness (QED) is 0.0274. The lowest BCUT2D eigenvalue weighted by Crippen LogP contribution is -2.45. The number of allylic oxidation sites excluding steroid dienone is 3. The number of carbonyl (C=O) groups is 1. The van der Waals surface area contributed by atoms with Crippen LogP contribution in [0.15, 0.2) is 24.3 Å². The third-order valence-corrected chi connectivity index (χ3v) is 12.1. The summed E-state index contributed by atoms with van der Waals surface area (Å²) in [6.45, 7) is 4.63. The van der Waals surface area contributed by atoms with E-state index in [0.29, 0.717) is 17.4 Å². The highest BCUT2D eigenvalue weighted by Gasteiger charge is 2.23. The first-order chi connectivity index (χ1) is 28.0. The molecule has 0 aliphatic rings. The van der Waals surface area contributed by atoms with Crippen molar-refractivity contribution in [3.63, 3.8) is 0 Å². The van der Waals surface area contributed by atoms with Crippen molar-refractivity contribution in [1.29, 1.82) is 0 Å². The Balaban J connectivity index is 4.24. The minimum atomic E-state index is -4.59. The number of aliphatic hydroxyl groups excluding tert-OH is 1. The molecule has 344 valence electrons. The van der Waals surface area contributed by atoms with Gasteiger partial charge in [0.25, 0.3) is 7.82 Å². The van der Waals surface area contributed by atoms with E-state index < -0.39 is 20.0 Å². The van der Waals surface area contributed by atoms with E-state index in [1.807, 2.05) is 27.2 Å². The second-order valence-corrected chi connectivity index (χ2v) is 19.6. The first kappa shape index (κ1) is 57.0. The maximum Gasteiger partial charge on any atom is 0.268 e. The van der Waals surface area contributed by atoms with Crippen LogP contribution >= 0.6 is 7.82 Å². The summed E-state index contributed by atoms with van der Waals surface area (Å²) in [6.07, 6.45) is 49.5. The molecule has 0 saturated heterocycles. The molecule has 9 heteroatoms. The van der Waals surface area contributed by atoms with Gasteiger partial charge in [-0.2, -0.15) is 0 Å². The molecule has 0 rings (SSSR count). The van der Waals surface area contributed by atoms with Crippen LogP contribution in [-0.4, -0.2) is 68.5 Å². The number of nitrogens with one attached hydrogen (secondary N) is 1. The van der Waals surface area contributed by atoms with Gasteiger partial charge < -0.3 is 28.8 Å². The fourth-order valence-corrected chi connectivity index (χ4v) is 7.95. The van der Waals surface area contributed by atoms with E-state index in [0.717, 1.165) is 38.5 Å². The van der Waals surface area contributed by atoms with Crippen LogP contribution in [0.2, 0.25) is 0 Å². The van der Waals surface area contributed by atoms with Crippen molar-refractivity contribution < 1.29 is 32.9 Å². The summed E-state index contributed by atoms with van der Waals surface area (Å²) in [7, 11) is 1.25. The molecule has 0 radical (unpaired) electrons. The van der Waals surface area contributed by atoms with Crippen LogP contribution < -0.4 is 10.2 Å². The zero-order valence-electron chi connectivity index (χ0n) is 39.0. The zero-order valence-corrected chi connectivity index (χ0v) is 39.9. The molecule has 2 N–H and O–H groups in total. The number of phosphoric acid groups is 1. The molecule has 3 atom stereocenters. The topological polar surface area (TPSA) is 108 Å². The summed E-state index contributed by atoms with van der Waals surface area (Å²) in [5, 5.41) is 13.8. The van der Waals surface area contributed by atoms with Gasteiger partial charge in [0.15, 0.2) is 0 Å². The number of likely N-dealkylation sites (N-methyl/N-ethyl adjacent to an activating group) is 1. The molecule has 0 aliphatic heterocycles. The molecular weight excluding hydrogens is 744 g/mol. The molecule has 0 fully saturated rings. The third kappa shape index (κ3) is 43.1. The smallest absolute Gasteiger partial charge is 0.268 e. The number of rotatable bonds is 45. The van der Waals surface area contributed by atoms with Gasteiger partial charge in [-0.15, -0.1) is 0 Å². The van der Waals surface area contributed by atoms with E-state index in [9.17, 15) is 19.4 Å². The van der Waals surface area contributed by atoms with Crippen molar-refractivity contribution in [2.75, 3.05) is 40.9 Å². The molecule has 1 amide bonds. The van der Waals surface area contributed by atoms with Crippen LogP contribution in [0.5, 0.6) is 0 Å². The van der Waals surface area contributed by atoms with Crippen molar-refractivity contribution in [3.8, 4) is 0 Å². The van der Waals surface area contributed by atoms with Gasteiger partial charge in [-0.1, -0.05) is 218 Å². The number of aliphatic hydroxyl groups is 1. The van der Waals surface area contributed by atoms with Gasteiger partial charge in [-0.05, 0) is 32.1 Å². The van der Waals surface area contributed by atoms with Crippen molar-refractivity contribution in [2.24, 2.45) is 0 Å². The third-order valence-electron chi connectivity index (χ3n) is 11.2. The maximum absolute atomic E-state index is 12.9. The molecule has 0 heterocycles. The highest BCUT2D eigenvalue weighted by atomic mass is 31.2. The predicted molar refractivity (Wildman–Crippen MR) is 247 cm³/mol. The number of nitrogens with zero attached hydrogens (tertiary/aromatic N) is 1. The number of hydrogen-bond donors (Lipinski definition) is 2. The Labute approximate surface area is 360 Å².